The Kier molecular flexibility index (Phi) is 2.13. The zero-order chi connectivity index (χ0) is 6.69. The van der Waals surface area contributed by atoms with E-state index in [0.29, 0.717) is 12.2 Å². The highest BCUT2D eigenvalue weighted by molar-refractivity contribution is 4.82. The van der Waals surface area contributed by atoms with Crippen molar-refractivity contribution in [1.82, 2.24) is 0 Å². The summed E-state index contributed by atoms with van der Waals surface area (Å²) in [5.74, 6) is 0. The molecule has 0 aromatic heterocycles. The molecular formula is C8H12O. The Morgan fingerprint density at radius 2 is 1.56 bits per heavy atom. The summed E-state index contributed by atoms with van der Waals surface area (Å²) in [4.78, 5) is 0. The molecule has 1 nitrogen and oxygen atoms in total. The molecule has 2 atom stereocenters. The number of ether oxygens (including phenoxy) is 1. The minimum atomic E-state index is 0.679. The van der Waals surface area contributed by atoms with Crippen LogP contribution in [0.4, 0.5) is 0 Å². The van der Waals surface area contributed by atoms with E-state index in [4.69, 9.17) is 4.74 Å². The van der Waals surface area contributed by atoms with Gasteiger partial charge in [0.25, 0.3) is 0 Å². The molecule has 50 valence electrons. The lowest BCUT2D eigenvalue weighted by atomic mass is 9.89. The Labute approximate surface area is 56.4 Å². The molecular weight excluding hydrogens is 112 g/mol. The van der Waals surface area contributed by atoms with Crippen molar-refractivity contribution in [2.75, 3.05) is 0 Å². The van der Waals surface area contributed by atoms with Crippen LogP contribution in [0.3, 0.4) is 0 Å². The first kappa shape index (κ1) is 6.64. The minimum absolute atomic E-state index is 0.679. The van der Waals surface area contributed by atoms with E-state index in [1.54, 1.807) is 0 Å². The second-order valence-corrected chi connectivity index (χ2v) is 2.55. The predicted molar refractivity (Wildman–Crippen MR) is 37.0 cm³/mol. The van der Waals surface area contributed by atoms with Crippen LogP contribution < -0.4 is 0 Å². The summed E-state index contributed by atoms with van der Waals surface area (Å²) in [5.41, 5.74) is 0. The molecule has 2 heterocycles. The van der Waals surface area contributed by atoms with E-state index < -0.39 is 0 Å². The van der Waals surface area contributed by atoms with E-state index >= 15 is 0 Å². The van der Waals surface area contributed by atoms with Crippen LogP contribution in [0.1, 0.15) is 25.7 Å². The summed E-state index contributed by atoms with van der Waals surface area (Å²) in [6.07, 6.45) is 14.8. The molecule has 0 aromatic carbocycles. The standard InChI is InChI=1S/C6H10O.C2H2/c1-2-5-4-6(3-1)7-5;1-2/h5-6H,1-4H2;1-2H. The summed E-state index contributed by atoms with van der Waals surface area (Å²) in [5, 5.41) is 0. The fourth-order valence-corrected chi connectivity index (χ4v) is 1.50. The van der Waals surface area contributed by atoms with Gasteiger partial charge in [0, 0.05) is 0 Å². The third kappa shape index (κ3) is 1.25. The molecule has 2 saturated heterocycles. The maximum absolute atomic E-state index is 5.38. The summed E-state index contributed by atoms with van der Waals surface area (Å²) in [6, 6.07) is 0. The number of terminal acetylenes is 1. The van der Waals surface area contributed by atoms with Crippen LogP contribution in [-0.2, 0) is 4.74 Å². The van der Waals surface area contributed by atoms with Gasteiger partial charge in [0.2, 0.25) is 0 Å². The SMILES string of the molecule is C#C.C1CC2CC(C1)O2. The van der Waals surface area contributed by atoms with E-state index in [1.165, 1.54) is 25.7 Å². The van der Waals surface area contributed by atoms with Gasteiger partial charge in [-0.25, -0.2) is 0 Å². The normalized spacial score (nSPS) is 37.6. The van der Waals surface area contributed by atoms with Gasteiger partial charge >= 0.3 is 0 Å². The number of rotatable bonds is 0. The van der Waals surface area contributed by atoms with E-state index in [1.807, 2.05) is 0 Å². The van der Waals surface area contributed by atoms with Crippen molar-refractivity contribution in [3.63, 3.8) is 0 Å². The molecule has 9 heavy (non-hydrogen) atoms. The molecule has 2 bridgehead atoms. The maximum atomic E-state index is 5.38. The van der Waals surface area contributed by atoms with Crippen LogP contribution in [0, 0.1) is 12.8 Å². The summed E-state index contributed by atoms with van der Waals surface area (Å²) in [7, 11) is 0. The average molecular weight is 124 g/mol. The third-order valence-electron chi connectivity index (χ3n) is 1.96. The van der Waals surface area contributed by atoms with E-state index in [0.717, 1.165) is 0 Å². The van der Waals surface area contributed by atoms with Gasteiger partial charge in [-0.1, -0.05) is 0 Å². The predicted octanol–water partition coefficient (Wildman–Crippen LogP) is 1.58. The van der Waals surface area contributed by atoms with Gasteiger partial charge in [0.15, 0.2) is 0 Å². The molecule has 0 N–H and O–H groups in total. The topological polar surface area (TPSA) is 9.23 Å². The van der Waals surface area contributed by atoms with Gasteiger partial charge < -0.3 is 4.74 Å². The number of fused-ring (bicyclic) bond motifs is 2. The van der Waals surface area contributed by atoms with Crippen LogP contribution in [0.2, 0.25) is 0 Å². The number of hydrogen-bond acceptors (Lipinski definition) is 1. The first-order valence-electron chi connectivity index (χ1n) is 3.44. The summed E-state index contributed by atoms with van der Waals surface area (Å²) >= 11 is 0. The fourth-order valence-electron chi connectivity index (χ4n) is 1.50. The van der Waals surface area contributed by atoms with Gasteiger partial charge in [-0.2, -0.15) is 0 Å². The zero-order valence-corrected chi connectivity index (χ0v) is 5.55. The third-order valence-corrected chi connectivity index (χ3v) is 1.96. The molecule has 1 aliphatic carbocycles. The molecule has 1 saturated carbocycles. The Morgan fingerprint density at radius 3 is 1.67 bits per heavy atom. The summed E-state index contributed by atoms with van der Waals surface area (Å²) in [6.45, 7) is 0. The lowest BCUT2D eigenvalue weighted by Crippen LogP contribution is -2.41. The quantitative estimate of drug-likeness (QED) is 0.445. The molecule has 2 aliphatic heterocycles. The van der Waals surface area contributed by atoms with Gasteiger partial charge in [0.1, 0.15) is 0 Å². The second kappa shape index (κ2) is 2.89. The lowest BCUT2D eigenvalue weighted by Gasteiger charge is -2.41. The van der Waals surface area contributed by atoms with Crippen molar-refractivity contribution in [3.8, 4) is 12.8 Å². The van der Waals surface area contributed by atoms with Crippen LogP contribution in [-0.4, -0.2) is 12.2 Å². The van der Waals surface area contributed by atoms with Crippen molar-refractivity contribution < 1.29 is 4.74 Å². The Bertz CT molecular complexity index is 86.9. The van der Waals surface area contributed by atoms with Crippen LogP contribution in [0.15, 0.2) is 0 Å². The highest BCUT2D eigenvalue weighted by Gasteiger charge is 2.33. The molecule has 3 fully saturated rings. The fraction of sp³-hybridized carbons (Fsp3) is 0.750. The van der Waals surface area contributed by atoms with Crippen molar-refractivity contribution in [1.29, 1.82) is 0 Å². The summed E-state index contributed by atoms with van der Waals surface area (Å²) < 4.78 is 5.38. The molecule has 3 rings (SSSR count). The molecule has 0 amide bonds. The Balaban J connectivity index is 0.000000186. The molecule has 0 spiro atoms. The largest absolute Gasteiger partial charge is 0.375 e. The van der Waals surface area contributed by atoms with E-state index in [9.17, 15) is 0 Å². The van der Waals surface area contributed by atoms with Crippen molar-refractivity contribution in [2.24, 2.45) is 0 Å². The smallest absolute Gasteiger partial charge is 0.0603 e. The number of hydrogen-bond donors (Lipinski definition) is 0. The average Bonchev–Trinajstić information content (AvgIpc) is 1.93. The molecule has 2 unspecified atom stereocenters. The highest BCUT2D eigenvalue weighted by Crippen LogP contribution is 2.33. The molecule has 1 heteroatoms. The van der Waals surface area contributed by atoms with Crippen LogP contribution in [0.25, 0.3) is 0 Å². The Morgan fingerprint density at radius 1 is 1.11 bits per heavy atom. The Hall–Kier alpha value is -0.480. The van der Waals surface area contributed by atoms with Gasteiger partial charge in [0.05, 0.1) is 12.2 Å². The van der Waals surface area contributed by atoms with Crippen molar-refractivity contribution in [3.05, 3.63) is 0 Å². The first-order chi connectivity index (χ1) is 4.45. The first-order valence-corrected chi connectivity index (χ1v) is 3.44. The van der Waals surface area contributed by atoms with E-state index in [-0.39, 0.29) is 0 Å². The van der Waals surface area contributed by atoms with Gasteiger partial charge in [-0.15, -0.1) is 12.8 Å². The zero-order valence-electron chi connectivity index (χ0n) is 5.55. The van der Waals surface area contributed by atoms with Crippen LogP contribution >= 0.6 is 0 Å². The van der Waals surface area contributed by atoms with Crippen LogP contribution in [0.5, 0.6) is 0 Å². The van der Waals surface area contributed by atoms with Gasteiger partial charge in [-0.05, 0) is 25.7 Å². The highest BCUT2D eigenvalue weighted by atomic mass is 16.5. The van der Waals surface area contributed by atoms with Gasteiger partial charge in [-0.3, -0.25) is 0 Å². The maximum Gasteiger partial charge on any atom is 0.0603 e. The molecule has 3 aliphatic rings. The molecule has 0 aromatic rings. The molecule has 0 radical (unpaired) electrons. The second-order valence-electron chi connectivity index (χ2n) is 2.55. The van der Waals surface area contributed by atoms with E-state index in [2.05, 4.69) is 12.8 Å². The van der Waals surface area contributed by atoms with Crippen molar-refractivity contribution >= 4 is 0 Å². The monoisotopic (exact) mass is 124 g/mol. The van der Waals surface area contributed by atoms with Crippen molar-refractivity contribution in [2.45, 2.75) is 37.9 Å². The lowest BCUT2D eigenvalue weighted by molar-refractivity contribution is -0.155. The minimum Gasteiger partial charge on any atom is -0.375 e.